The molecule has 0 aromatic heterocycles. The largest absolute Gasteiger partial charge is 0.478 e. The fraction of sp³-hybridized carbons (Fsp3) is 0.333. The molecule has 0 amide bonds. The summed E-state index contributed by atoms with van der Waals surface area (Å²) in [6.45, 7) is 1.12. The zero-order valence-electron chi connectivity index (χ0n) is 5.33. The highest BCUT2D eigenvalue weighted by Gasteiger charge is 2.32. The Bertz CT molecular complexity index is 190. The van der Waals surface area contributed by atoms with E-state index in [1.165, 1.54) is 0 Å². The van der Waals surface area contributed by atoms with Crippen LogP contribution in [0.5, 0.6) is 0 Å². The van der Waals surface area contributed by atoms with E-state index in [1.807, 2.05) is 5.92 Å². The van der Waals surface area contributed by atoms with Crippen LogP contribution in [0.25, 0.3) is 0 Å². The van der Waals surface area contributed by atoms with E-state index in [2.05, 4.69) is 4.74 Å². The van der Waals surface area contributed by atoms with Crippen LogP contribution in [-0.2, 0) is 14.3 Å². The summed E-state index contributed by atoms with van der Waals surface area (Å²) in [7, 11) is 0. The molecule has 0 heterocycles. The van der Waals surface area contributed by atoms with E-state index in [1.54, 1.807) is 0 Å². The summed E-state index contributed by atoms with van der Waals surface area (Å²) >= 11 is 0. The fourth-order valence-electron chi connectivity index (χ4n) is 0.242. The van der Waals surface area contributed by atoms with Crippen molar-refractivity contribution in [3.63, 3.8) is 0 Å². The van der Waals surface area contributed by atoms with Crippen LogP contribution in [0.2, 0.25) is 0 Å². The summed E-state index contributed by atoms with van der Waals surface area (Å²) in [6, 6.07) is 0. The minimum Gasteiger partial charge on any atom is -0.478 e. The van der Waals surface area contributed by atoms with Crippen molar-refractivity contribution < 1.29 is 19.4 Å². The SMILES string of the molecule is C#CC(C)(OC=O)C(=O)O. The molecule has 0 spiro atoms. The Morgan fingerprint density at radius 1 is 1.90 bits per heavy atom. The Labute approximate surface area is 57.8 Å². The van der Waals surface area contributed by atoms with E-state index < -0.39 is 11.6 Å². The van der Waals surface area contributed by atoms with Crippen LogP contribution in [0.3, 0.4) is 0 Å². The maximum atomic E-state index is 10.2. The Hall–Kier alpha value is -1.50. The van der Waals surface area contributed by atoms with Gasteiger partial charge in [-0.25, -0.2) is 4.79 Å². The number of hydrogen-bond acceptors (Lipinski definition) is 3. The van der Waals surface area contributed by atoms with E-state index in [-0.39, 0.29) is 6.47 Å². The van der Waals surface area contributed by atoms with Gasteiger partial charge in [0.2, 0.25) is 0 Å². The number of rotatable bonds is 3. The third-order valence-corrected chi connectivity index (χ3v) is 0.967. The summed E-state index contributed by atoms with van der Waals surface area (Å²) in [6.07, 6.45) is 4.78. The highest BCUT2D eigenvalue weighted by atomic mass is 16.6. The molecule has 0 aliphatic rings. The quantitative estimate of drug-likeness (QED) is 0.431. The summed E-state index contributed by atoms with van der Waals surface area (Å²) in [5, 5.41) is 8.34. The number of carbonyl (C=O) groups is 2. The average Bonchev–Trinajstić information content (AvgIpc) is 1.88. The number of terminal acetylenes is 1. The van der Waals surface area contributed by atoms with Crippen molar-refractivity contribution in [3.8, 4) is 12.3 Å². The van der Waals surface area contributed by atoms with Gasteiger partial charge in [-0.05, 0) is 12.8 Å². The average molecular weight is 142 g/mol. The van der Waals surface area contributed by atoms with Gasteiger partial charge in [0.15, 0.2) is 0 Å². The molecule has 4 nitrogen and oxygen atoms in total. The Kier molecular flexibility index (Phi) is 2.44. The van der Waals surface area contributed by atoms with Crippen LogP contribution in [-0.4, -0.2) is 23.1 Å². The summed E-state index contributed by atoms with van der Waals surface area (Å²) in [5.41, 5.74) is -1.83. The maximum Gasteiger partial charge on any atom is 0.360 e. The van der Waals surface area contributed by atoms with Crippen LogP contribution in [0.4, 0.5) is 0 Å². The van der Waals surface area contributed by atoms with Crippen LogP contribution in [0, 0.1) is 12.3 Å². The lowest BCUT2D eigenvalue weighted by molar-refractivity contribution is -0.161. The first kappa shape index (κ1) is 8.50. The number of carbonyl (C=O) groups excluding carboxylic acids is 1. The lowest BCUT2D eigenvalue weighted by Crippen LogP contribution is -2.36. The molecule has 0 radical (unpaired) electrons. The van der Waals surface area contributed by atoms with Crippen molar-refractivity contribution in [3.05, 3.63) is 0 Å². The topological polar surface area (TPSA) is 63.6 Å². The molecule has 4 heteroatoms. The van der Waals surface area contributed by atoms with Crippen molar-refractivity contribution in [1.29, 1.82) is 0 Å². The molecule has 0 saturated carbocycles. The monoisotopic (exact) mass is 142 g/mol. The third kappa shape index (κ3) is 1.49. The number of hydrogen-bond donors (Lipinski definition) is 1. The molecular weight excluding hydrogens is 136 g/mol. The second-order valence-corrected chi connectivity index (χ2v) is 1.70. The maximum absolute atomic E-state index is 10.2. The van der Waals surface area contributed by atoms with Gasteiger partial charge in [-0.2, -0.15) is 0 Å². The van der Waals surface area contributed by atoms with E-state index in [9.17, 15) is 9.59 Å². The van der Waals surface area contributed by atoms with Crippen molar-refractivity contribution in [2.75, 3.05) is 0 Å². The first-order valence-electron chi connectivity index (χ1n) is 2.39. The fourth-order valence-corrected chi connectivity index (χ4v) is 0.242. The first-order valence-corrected chi connectivity index (χ1v) is 2.39. The van der Waals surface area contributed by atoms with Gasteiger partial charge in [-0.15, -0.1) is 6.42 Å². The summed E-state index contributed by atoms with van der Waals surface area (Å²) < 4.78 is 4.12. The van der Waals surface area contributed by atoms with Gasteiger partial charge in [0.1, 0.15) is 0 Å². The molecular formula is C6H6O4. The minimum absolute atomic E-state index is 0.00792. The number of carboxylic acid groups (broad SMARTS) is 1. The highest BCUT2D eigenvalue weighted by molar-refractivity contribution is 5.82. The molecule has 0 aliphatic carbocycles. The van der Waals surface area contributed by atoms with Gasteiger partial charge < -0.3 is 9.84 Å². The number of aliphatic carboxylic acids is 1. The molecule has 1 unspecified atom stereocenters. The Balaban J connectivity index is 4.42. The molecule has 0 aliphatic heterocycles. The molecule has 0 bridgehead atoms. The van der Waals surface area contributed by atoms with Crippen molar-refractivity contribution in [2.24, 2.45) is 0 Å². The summed E-state index contributed by atoms with van der Waals surface area (Å²) in [5.74, 6) is 0.467. The van der Waals surface area contributed by atoms with Gasteiger partial charge in [0.05, 0.1) is 0 Å². The van der Waals surface area contributed by atoms with Crippen molar-refractivity contribution in [2.45, 2.75) is 12.5 Å². The first-order chi connectivity index (χ1) is 4.56. The van der Waals surface area contributed by atoms with Gasteiger partial charge in [0.25, 0.3) is 12.1 Å². The van der Waals surface area contributed by atoms with Crippen molar-refractivity contribution >= 4 is 12.4 Å². The van der Waals surface area contributed by atoms with E-state index in [4.69, 9.17) is 11.5 Å². The molecule has 54 valence electrons. The smallest absolute Gasteiger partial charge is 0.360 e. The Morgan fingerprint density at radius 3 is 2.50 bits per heavy atom. The molecule has 0 aromatic rings. The highest BCUT2D eigenvalue weighted by Crippen LogP contribution is 2.06. The zero-order valence-corrected chi connectivity index (χ0v) is 5.33. The van der Waals surface area contributed by atoms with Crippen LogP contribution in [0.15, 0.2) is 0 Å². The lowest BCUT2D eigenvalue weighted by atomic mass is 10.1. The molecule has 0 aromatic carbocycles. The molecule has 0 saturated heterocycles. The van der Waals surface area contributed by atoms with Gasteiger partial charge in [-0.1, -0.05) is 0 Å². The van der Waals surface area contributed by atoms with Gasteiger partial charge in [0, 0.05) is 0 Å². The molecule has 0 fully saturated rings. The third-order valence-electron chi connectivity index (χ3n) is 0.967. The van der Waals surface area contributed by atoms with Crippen molar-refractivity contribution in [1.82, 2.24) is 0 Å². The second kappa shape index (κ2) is 2.87. The predicted molar refractivity (Wildman–Crippen MR) is 32.0 cm³/mol. The van der Waals surface area contributed by atoms with Crippen LogP contribution < -0.4 is 0 Å². The molecule has 0 rings (SSSR count). The molecule has 1 atom stereocenters. The van der Waals surface area contributed by atoms with E-state index in [0.717, 1.165) is 6.92 Å². The van der Waals surface area contributed by atoms with Crippen LogP contribution >= 0.6 is 0 Å². The zero-order chi connectivity index (χ0) is 8.20. The molecule has 10 heavy (non-hydrogen) atoms. The minimum atomic E-state index is -1.83. The number of ether oxygens (including phenoxy) is 1. The van der Waals surface area contributed by atoms with Gasteiger partial charge in [-0.3, -0.25) is 4.79 Å². The van der Waals surface area contributed by atoms with Gasteiger partial charge >= 0.3 is 5.97 Å². The Morgan fingerprint density at radius 2 is 2.40 bits per heavy atom. The number of carboxylic acids is 1. The normalized spacial score (nSPS) is 14.4. The second-order valence-electron chi connectivity index (χ2n) is 1.70. The van der Waals surface area contributed by atoms with Crippen LogP contribution in [0.1, 0.15) is 6.92 Å². The molecule has 1 N–H and O–H groups in total. The van der Waals surface area contributed by atoms with E-state index >= 15 is 0 Å². The lowest BCUT2D eigenvalue weighted by Gasteiger charge is -2.14. The standard InChI is InChI=1S/C6H6O4/c1-3-6(2,5(8)9)10-4-7/h1,4H,2H3,(H,8,9). The predicted octanol–water partition coefficient (Wildman–Crippen LogP) is -0.364. The van der Waals surface area contributed by atoms with E-state index in [0.29, 0.717) is 0 Å². The summed E-state index contributed by atoms with van der Waals surface area (Å²) in [4.78, 5) is 19.9.